The molecule has 0 spiro atoms. The molecule has 0 amide bonds. The largest absolute Gasteiger partial charge is 0.495 e. The first-order valence-corrected chi connectivity index (χ1v) is 10.4. The van der Waals surface area contributed by atoms with Crippen molar-refractivity contribution in [3.8, 4) is 16.3 Å². The molecule has 1 fully saturated rings. The van der Waals surface area contributed by atoms with Gasteiger partial charge in [0.2, 0.25) is 0 Å². The van der Waals surface area contributed by atoms with Crippen LogP contribution in [0.2, 0.25) is 0 Å². The van der Waals surface area contributed by atoms with Gasteiger partial charge in [0.25, 0.3) is 0 Å². The van der Waals surface area contributed by atoms with Crippen molar-refractivity contribution >= 4 is 17.0 Å². The Labute approximate surface area is 169 Å². The minimum atomic E-state index is -0.229. The lowest BCUT2D eigenvalue weighted by Crippen LogP contribution is -2.30. The van der Waals surface area contributed by atoms with E-state index in [0.717, 1.165) is 61.3 Å². The second-order valence-electron chi connectivity index (χ2n) is 6.94. The number of hydrogen-bond donors (Lipinski definition) is 0. The van der Waals surface area contributed by atoms with E-state index in [-0.39, 0.29) is 5.82 Å². The SMILES string of the molecule is COc1ccc(F)cc1N1CCCN(Cc2csc(-c3ccccc3)n2)CC1. The number of nitrogens with zero attached hydrogens (tertiary/aromatic N) is 3. The lowest BCUT2D eigenvalue weighted by molar-refractivity contribution is 0.282. The van der Waals surface area contributed by atoms with Crippen LogP contribution in [0.15, 0.2) is 53.9 Å². The van der Waals surface area contributed by atoms with Gasteiger partial charge < -0.3 is 9.64 Å². The number of aromatic nitrogens is 1. The van der Waals surface area contributed by atoms with E-state index in [1.807, 2.05) is 18.2 Å². The smallest absolute Gasteiger partial charge is 0.142 e. The Morgan fingerprint density at radius 3 is 2.75 bits per heavy atom. The van der Waals surface area contributed by atoms with Crippen LogP contribution in [0.3, 0.4) is 0 Å². The predicted octanol–water partition coefficient (Wildman–Crippen LogP) is 4.67. The van der Waals surface area contributed by atoms with E-state index in [1.165, 1.54) is 11.6 Å². The molecule has 28 heavy (non-hydrogen) atoms. The summed E-state index contributed by atoms with van der Waals surface area (Å²) in [6.07, 6.45) is 1.02. The molecule has 1 saturated heterocycles. The van der Waals surface area contributed by atoms with Crippen molar-refractivity contribution in [1.29, 1.82) is 0 Å². The zero-order valence-corrected chi connectivity index (χ0v) is 16.8. The first-order valence-electron chi connectivity index (χ1n) is 9.53. The van der Waals surface area contributed by atoms with E-state index in [2.05, 4.69) is 27.3 Å². The van der Waals surface area contributed by atoms with Crippen molar-refractivity contribution in [2.75, 3.05) is 38.2 Å². The minimum Gasteiger partial charge on any atom is -0.495 e. The predicted molar refractivity (Wildman–Crippen MR) is 113 cm³/mol. The van der Waals surface area contributed by atoms with Crippen LogP contribution in [-0.4, -0.2) is 43.2 Å². The maximum atomic E-state index is 13.7. The molecule has 1 aliphatic rings. The van der Waals surface area contributed by atoms with Crippen molar-refractivity contribution in [2.24, 2.45) is 0 Å². The lowest BCUT2D eigenvalue weighted by atomic mass is 10.2. The van der Waals surface area contributed by atoms with E-state index in [0.29, 0.717) is 0 Å². The Balaban J connectivity index is 1.41. The van der Waals surface area contributed by atoms with E-state index in [1.54, 1.807) is 30.6 Å². The molecule has 0 N–H and O–H groups in total. The van der Waals surface area contributed by atoms with Gasteiger partial charge in [0.1, 0.15) is 16.6 Å². The van der Waals surface area contributed by atoms with Gasteiger partial charge >= 0.3 is 0 Å². The molecule has 4 rings (SSSR count). The first kappa shape index (κ1) is 18.9. The van der Waals surface area contributed by atoms with Crippen LogP contribution in [0, 0.1) is 5.82 Å². The van der Waals surface area contributed by atoms with Gasteiger partial charge in [-0.1, -0.05) is 30.3 Å². The number of hydrogen-bond acceptors (Lipinski definition) is 5. The van der Waals surface area contributed by atoms with E-state index >= 15 is 0 Å². The molecule has 0 saturated carbocycles. The average molecular weight is 398 g/mol. The molecule has 0 aliphatic carbocycles. The number of ether oxygens (including phenoxy) is 1. The molecule has 0 unspecified atom stereocenters. The van der Waals surface area contributed by atoms with Crippen molar-refractivity contribution in [2.45, 2.75) is 13.0 Å². The number of methoxy groups -OCH3 is 1. The van der Waals surface area contributed by atoms with E-state index in [4.69, 9.17) is 9.72 Å². The van der Waals surface area contributed by atoms with Gasteiger partial charge in [0, 0.05) is 49.7 Å². The summed E-state index contributed by atoms with van der Waals surface area (Å²) in [5, 5.41) is 3.22. The van der Waals surface area contributed by atoms with Gasteiger partial charge in [-0.25, -0.2) is 9.37 Å². The molecular weight excluding hydrogens is 373 g/mol. The molecule has 0 bridgehead atoms. The molecule has 1 aromatic heterocycles. The van der Waals surface area contributed by atoms with Gasteiger partial charge in [0.05, 0.1) is 18.5 Å². The average Bonchev–Trinajstić information content (AvgIpc) is 3.07. The highest BCUT2D eigenvalue weighted by atomic mass is 32.1. The standard InChI is InChI=1S/C22H24FN3OS/c1-27-21-9-8-18(23)14-20(21)26-11-5-10-25(12-13-26)15-19-16-28-22(24-19)17-6-3-2-4-7-17/h2-4,6-9,14,16H,5,10-13,15H2,1H3. The third-order valence-electron chi connectivity index (χ3n) is 5.03. The summed E-state index contributed by atoms with van der Waals surface area (Å²) in [7, 11) is 1.63. The summed E-state index contributed by atoms with van der Waals surface area (Å²) in [5.74, 6) is 0.495. The second-order valence-corrected chi connectivity index (χ2v) is 7.80. The Kier molecular flexibility index (Phi) is 5.88. The molecule has 1 aliphatic heterocycles. The third-order valence-corrected chi connectivity index (χ3v) is 5.97. The molecule has 6 heteroatoms. The van der Waals surface area contributed by atoms with Crippen LogP contribution < -0.4 is 9.64 Å². The Hall–Kier alpha value is -2.44. The number of thiazole rings is 1. The van der Waals surface area contributed by atoms with Gasteiger partial charge in [0.15, 0.2) is 0 Å². The molecule has 0 atom stereocenters. The van der Waals surface area contributed by atoms with E-state index < -0.39 is 0 Å². The summed E-state index contributed by atoms with van der Waals surface area (Å²) in [5.41, 5.74) is 3.11. The van der Waals surface area contributed by atoms with Crippen LogP contribution in [0.5, 0.6) is 5.75 Å². The molecule has 4 nitrogen and oxygen atoms in total. The van der Waals surface area contributed by atoms with Gasteiger partial charge in [-0.2, -0.15) is 0 Å². The number of rotatable bonds is 5. The van der Waals surface area contributed by atoms with Crippen molar-refractivity contribution in [3.63, 3.8) is 0 Å². The quantitative estimate of drug-likeness (QED) is 0.626. The summed E-state index contributed by atoms with van der Waals surface area (Å²) in [6.45, 7) is 4.50. The highest BCUT2D eigenvalue weighted by Gasteiger charge is 2.19. The fourth-order valence-electron chi connectivity index (χ4n) is 3.60. The van der Waals surface area contributed by atoms with Gasteiger partial charge in [-0.3, -0.25) is 4.90 Å². The molecule has 3 aromatic rings. The van der Waals surface area contributed by atoms with Crippen molar-refractivity contribution < 1.29 is 9.13 Å². The van der Waals surface area contributed by atoms with Crippen molar-refractivity contribution in [3.05, 3.63) is 65.4 Å². The monoisotopic (exact) mass is 397 g/mol. The highest BCUT2D eigenvalue weighted by molar-refractivity contribution is 7.13. The molecule has 2 aromatic carbocycles. The first-order chi connectivity index (χ1) is 13.7. The summed E-state index contributed by atoms with van der Waals surface area (Å²) in [6, 6.07) is 15.0. The Morgan fingerprint density at radius 2 is 1.93 bits per heavy atom. The maximum absolute atomic E-state index is 13.7. The molecule has 0 radical (unpaired) electrons. The van der Waals surface area contributed by atoms with Gasteiger partial charge in [-0.15, -0.1) is 11.3 Å². The van der Waals surface area contributed by atoms with Crippen LogP contribution in [0.1, 0.15) is 12.1 Å². The summed E-state index contributed by atoms with van der Waals surface area (Å²) < 4.78 is 19.2. The number of halogens is 1. The molecular formula is C22H24FN3OS. The number of benzene rings is 2. The third kappa shape index (κ3) is 4.34. The minimum absolute atomic E-state index is 0.229. The normalized spacial score (nSPS) is 15.4. The topological polar surface area (TPSA) is 28.6 Å². The molecule has 2 heterocycles. The van der Waals surface area contributed by atoms with Crippen LogP contribution in [-0.2, 0) is 6.54 Å². The number of anilines is 1. The van der Waals surface area contributed by atoms with Crippen molar-refractivity contribution in [1.82, 2.24) is 9.88 Å². The molecule has 146 valence electrons. The highest BCUT2D eigenvalue weighted by Crippen LogP contribution is 2.30. The van der Waals surface area contributed by atoms with Gasteiger partial charge in [-0.05, 0) is 18.6 Å². The van der Waals surface area contributed by atoms with Crippen LogP contribution in [0.25, 0.3) is 10.6 Å². The fraction of sp³-hybridized carbons (Fsp3) is 0.318. The van der Waals surface area contributed by atoms with Crippen LogP contribution >= 0.6 is 11.3 Å². The zero-order chi connectivity index (χ0) is 19.3. The maximum Gasteiger partial charge on any atom is 0.142 e. The van der Waals surface area contributed by atoms with Crippen LogP contribution in [0.4, 0.5) is 10.1 Å². The summed E-state index contributed by atoms with van der Waals surface area (Å²) in [4.78, 5) is 9.46. The summed E-state index contributed by atoms with van der Waals surface area (Å²) >= 11 is 1.69. The Morgan fingerprint density at radius 1 is 1.07 bits per heavy atom. The zero-order valence-electron chi connectivity index (χ0n) is 16.0. The fourth-order valence-corrected chi connectivity index (χ4v) is 4.42. The lowest BCUT2D eigenvalue weighted by Gasteiger charge is -2.25. The van der Waals surface area contributed by atoms with E-state index in [9.17, 15) is 4.39 Å². The Bertz CT molecular complexity index is 915. The second kappa shape index (κ2) is 8.71.